The number of piperidine rings is 1. The van der Waals surface area contributed by atoms with Crippen molar-refractivity contribution in [2.45, 2.75) is 129 Å². The number of β-amino-alcohol motifs (C(OH)–C–C–N with tert-alkyl or cyclic N) is 1. The van der Waals surface area contributed by atoms with Gasteiger partial charge in [0.05, 0.1) is 33.9 Å². The summed E-state index contributed by atoms with van der Waals surface area (Å²) >= 11 is 1.60. The molecule has 2 aliphatic heterocycles. The molecule has 324 valence electrons. The maximum Gasteiger partial charge on any atom is 0.265 e. The van der Waals surface area contributed by atoms with Crippen molar-refractivity contribution < 1.29 is 19.5 Å². The number of carbonyl (C=O) groups is 3. The number of aliphatic hydroxyl groups is 1. The normalized spacial score (nSPS) is 18.7. The zero-order valence-corrected chi connectivity index (χ0v) is 37.1. The lowest BCUT2D eigenvalue weighted by molar-refractivity contribution is -0.144. The molecule has 0 aliphatic carbocycles. The number of nitrogens with one attached hydrogen (secondary N) is 3. The van der Waals surface area contributed by atoms with Crippen LogP contribution in [0.1, 0.15) is 137 Å². The number of amides is 3. The second kappa shape index (κ2) is 20.8. The van der Waals surface area contributed by atoms with E-state index in [1.807, 2.05) is 82.7 Å². The maximum atomic E-state index is 14.3. The average Bonchev–Trinajstić information content (AvgIpc) is 3.99. The Balaban J connectivity index is 0.936. The zero-order valence-electron chi connectivity index (χ0n) is 36.3. The Morgan fingerprint density at radius 2 is 1.70 bits per heavy atom. The molecule has 2 aromatic carbocycles. The fraction of sp³-hybridized carbons (Fsp3) is 0.565. The van der Waals surface area contributed by atoms with E-state index in [0.29, 0.717) is 11.5 Å². The molecule has 2 fully saturated rings. The van der Waals surface area contributed by atoms with Crippen LogP contribution in [0.2, 0.25) is 0 Å². The van der Waals surface area contributed by atoms with Crippen molar-refractivity contribution in [3.63, 3.8) is 0 Å². The van der Waals surface area contributed by atoms with Gasteiger partial charge < -0.3 is 20.2 Å². The highest BCUT2D eigenvalue weighted by Gasteiger charge is 2.45. The van der Waals surface area contributed by atoms with Gasteiger partial charge in [-0.3, -0.25) is 19.8 Å². The van der Waals surface area contributed by atoms with Crippen LogP contribution in [0.5, 0.6) is 0 Å². The molecule has 4 atom stereocenters. The predicted molar refractivity (Wildman–Crippen MR) is 236 cm³/mol. The number of rotatable bonds is 18. The van der Waals surface area contributed by atoms with Gasteiger partial charge in [-0.05, 0) is 112 Å². The number of aliphatic hydroxyl groups excluding tert-OH is 1. The highest BCUT2D eigenvalue weighted by molar-refractivity contribution is 7.13. The van der Waals surface area contributed by atoms with Crippen molar-refractivity contribution in [1.82, 2.24) is 45.9 Å². The summed E-state index contributed by atoms with van der Waals surface area (Å²) < 4.78 is 1.66. The molecule has 3 amide bonds. The fourth-order valence-electron chi connectivity index (χ4n) is 8.52. The third-order valence-corrected chi connectivity index (χ3v) is 13.0. The Morgan fingerprint density at radius 3 is 2.37 bits per heavy atom. The van der Waals surface area contributed by atoms with Gasteiger partial charge in [-0.15, -0.1) is 16.4 Å². The highest BCUT2D eigenvalue weighted by atomic mass is 32.1. The number of unbranched alkanes of at least 4 members (excludes halogenated alkanes) is 3. The van der Waals surface area contributed by atoms with Crippen LogP contribution in [0.15, 0.2) is 60.2 Å². The SMILES string of the molecule is CCCNNC(=O)c1ccc(C2CCN(CCCCCCc3cn([C@H](C(=O)N4C[C@H](O)C[C@H]4C(=O)N[C@@H](C)c4ccc(-c5scnc5C)cc4)C(C)(C)C)nn3)CC2)cc1. The molecule has 4 N–H and O–H groups in total. The fourth-order valence-corrected chi connectivity index (χ4v) is 9.34. The smallest absolute Gasteiger partial charge is 0.265 e. The van der Waals surface area contributed by atoms with E-state index in [4.69, 9.17) is 0 Å². The molecule has 0 radical (unpaired) electrons. The minimum atomic E-state index is -0.793. The number of carbonyl (C=O) groups excluding carboxylic acids is 3. The van der Waals surface area contributed by atoms with Crippen molar-refractivity contribution in [3.05, 3.63) is 88.3 Å². The molecular weight excluding hydrogens is 775 g/mol. The van der Waals surface area contributed by atoms with Gasteiger partial charge in [0, 0.05) is 31.3 Å². The molecule has 2 aliphatic rings. The van der Waals surface area contributed by atoms with Gasteiger partial charge in [-0.2, -0.15) is 0 Å². The van der Waals surface area contributed by atoms with E-state index < -0.39 is 23.6 Å². The van der Waals surface area contributed by atoms with Gasteiger partial charge in [0.1, 0.15) is 12.1 Å². The lowest BCUT2D eigenvalue weighted by Gasteiger charge is -2.34. The molecule has 6 rings (SSSR count). The third kappa shape index (κ3) is 11.7. The molecule has 4 heterocycles. The van der Waals surface area contributed by atoms with E-state index in [-0.39, 0.29) is 36.7 Å². The summed E-state index contributed by atoms with van der Waals surface area (Å²) in [7, 11) is 0. The molecule has 0 spiro atoms. The number of likely N-dealkylation sites (tertiary alicyclic amines) is 2. The quantitative estimate of drug-likeness (QED) is 0.0628. The Morgan fingerprint density at radius 1 is 0.983 bits per heavy atom. The van der Waals surface area contributed by atoms with Crippen LogP contribution in [0.4, 0.5) is 0 Å². The number of aryl methyl sites for hydroxylation is 2. The number of hydrogen-bond donors (Lipinski definition) is 4. The standard InChI is InChI=1S/C46H65N9O4S/c1-7-23-48-51-43(57)37-19-15-34(16-20-37)35-21-25-53(26-22-35)24-11-9-8-10-12-38-28-55(52-50-38)42(46(4,5)6)45(59)54-29-39(56)27-40(54)44(58)49-31(2)33-13-17-36(18-14-33)41-32(3)47-30-60-41/h13-20,28,30-31,35,39-40,42,48,56H,7-12,21-27,29H2,1-6H3,(H,49,58)(H,51,57)/t31-,39+,40-,42+/m0/s1. The summed E-state index contributed by atoms with van der Waals surface area (Å²) in [6, 6.07) is 14.4. The monoisotopic (exact) mass is 839 g/mol. The van der Waals surface area contributed by atoms with Gasteiger partial charge in [0.25, 0.3) is 5.91 Å². The van der Waals surface area contributed by atoms with Crippen molar-refractivity contribution in [2.24, 2.45) is 5.41 Å². The second-order valence-electron chi connectivity index (χ2n) is 17.8. The van der Waals surface area contributed by atoms with Crippen LogP contribution in [0.3, 0.4) is 0 Å². The summed E-state index contributed by atoms with van der Waals surface area (Å²) in [5, 5.41) is 22.7. The molecule has 4 aromatic rings. The van der Waals surface area contributed by atoms with E-state index in [9.17, 15) is 19.5 Å². The van der Waals surface area contributed by atoms with Crippen LogP contribution < -0.4 is 16.2 Å². The van der Waals surface area contributed by atoms with Gasteiger partial charge in [-0.1, -0.05) is 82.1 Å². The number of benzene rings is 2. The minimum Gasteiger partial charge on any atom is -0.391 e. The Hall–Kier alpha value is -4.50. The summed E-state index contributed by atoms with van der Waals surface area (Å²) in [6.45, 7) is 16.1. The summed E-state index contributed by atoms with van der Waals surface area (Å²) in [6.07, 6.45) is 9.65. The molecule has 0 saturated carbocycles. The molecule has 2 aromatic heterocycles. The topological polar surface area (TPSA) is 158 Å². The zero-order chi connectivity index (χ0) is 42.8. The first kappa shape index (κ1) is 45.0. The Labute approximate surface area is 359 Å². The van der Waals surface area contributed by atoms with Gasteiger partial charge >= 0.3 is 0 Å². The molecular formula is C46H65N9O4S. The second-order valence-corrected chi connectivity index (χ2v) is 18.6. The Kier molecular flexibility index (Phi) is 15.6. The molecule has 60 heavy (non-hydrogen) atoms. The highest BCUT2D eigenvalue weighted by Crippen LogP contribution is 2.35. The lowest BCUT2D eigenvalue weighted by Crippen LogP contribution is -2.50. The van der Waals surface area contributed by atoms with Crippen LogP contribution >= 0.6 is 11.3 Å². The van der Waals surface area contributed by atoms with Crippen LogP contribution in [-0.2, 0) is 16.0 Å². The van der Waals surface area contributed by atoms with Crippen molar-refractivity contribution >= 4 is 29.1 Å². The van der Waals surface area contributed by atoms with Crippen LogP contribution in [0.25, 0.3) is 10.4 Å². The van der Waals surface area contributed by atoms with Crippen LogP contribution in [0, 0.1) is 12.3 Å². The first-order valence-corrected chi connectivity index (χ1v) is 22.8. The van der Waals surface area contributed by atoms with Crippen molar-refractivity contribution in [3.8, 4) is 10.4 Å². The number of nitrogens with zero attached hydrogens (tertiary/aromatic N) is 6. The molecule has 0 bridgehead atoms. The number of thiazole rings is 1. The lowest BCUT2D eigenvalue weighted by atomic mass is 9.85. The predicted octanol–water partition coefficient (Wildman–Crippen LogP) is 6.76. The maximum absolute atomic E-state index is 14.3. The van der Waals surface area contributed by atoms with Crippen molar-refractivity contribution in [2.75, 3.05) is 32.7 Å². The third-order valence-electron chi connectivity index (χ3n) is 12.0. The van der Waals surface area contributed by atoms with Gasteiger partial charge in [0.2, 0.25) is 11.8 Å². The molecule has 0 unspecified atom stereocenters. The number of aromatic nitrogens is 4. The van der Waals surface area contributed by atoms with E-state index in [2.05, 4.69) is 55.4 Å². The van der Waals surface area contributed by atoms with Crippen LogP contribution in [-0.4, -0.2) is 97.5 Å². The van der Waals surface area contributed by atoms with Gasteiger partial charge in [0.15, 0.2) is 0 Å². The molecule has 2 saturated heterocycles. The van der Waals surface area contributed by atoms with Gasteiger partial charge in [-0.25, -0.2) is 15.1 Å². The van der Waals surface area contributed by atoms with E-state index in [0.717, 1.165) is 105 Å². The van der Waals surface area contributed by atoms with E-state index in [1.165, 1.54) is 10.5 Å². The van der Waals surface area contributed by atoms with Crippen molar-refractivity contribution in [1.29, 1.82) is 0 Å². The minimum absolute atomic E-state index is 0.0902. The summed E-state index contributed by atoms with van der Waals surface area (Å²) in [5.41, 5.74) is 12.9. The molecule has 14 heteroatoms. The van der Waals surface area contributed by atoms with E-state index >= 15 is 0 Å². The first-order valence-electron chi connectivity index (χ1n) is 21.9. The first-order chi connectivity index (χ1) is 28.8. The Bertz CT molecular complexity index is 2000. The largest absolute Gasteiger partial charge is 0.391 e. The molecule has 13 nitrogen and oxygen atoms in total. The number of hydrogen-bond acceptors (Lipinski definition) is 10. The number of hydrazine groups is 1. The average molecular weight is 840 g/mol. The van der Waals surface area contributed by atoms with E-state index in [1.54, 1.807) is 16.0 Å². The summed E-state index contributed by atoms with van der Waals surface area (Å²) in [5.74, 6) is -0.0867. The summed E-state index contributed by atoms with van der Waals surface area (Å²) in [4.78, 5) is 50.0.